The molecule has 16 heavy (non-hydrogen) atoms. The van der Waals surface area contributed by atoms with Crippen molar-refractivity contribution in [1.82, 2.24) is 5.32 Å². The summed E-state index contributed by atoms with van der Waals surface area (Å²) in [5.41, 5.74) is 1.45. The quantitative estimate of drug-likeness (QED) is 0.923. The second kappa shape index (κ2) is 5.76. The van der Waals surface area contributed by atoms with Gasteiger partial charge in [0.05, 0.1) is 3.79 Å². The van der Waals surface area contributed by atoms with Crippen LogP contribution < -0.4 is 5.32 Å². The minimum Gasteiger partial charge on any atom is -0.309 e. The van der Waals surface area contributed by atoms with Crippen LogP contribution in [0.25, 0.3) is 0 Å². The Morgan fingerprint density at radius 3 is 3.25 bits per heavy atom. The van der Waals surface area contributed by atoms with Crippen molar-refractivity contribution in [3.8, 4) is 0 Å². The van der Waals surface area contributed by atoms with Crippen molar-refractivity contribution in [2.24, 2.45) is 0 Å². The van der Waals surface area contributed by atoms with Crippen LogP contribution in [0.3, 0.4) is 0 Å². The molecule has 1 N–H and O–H groups in total. The summed E-state index contributed by atoms with van der Waals surface area (Å²) in [4.78, 5) is 1.51. The zero-order valence-corrected chi connectivity index (χ0v) is 12.5. The average Bonchev–Trinajstić information content (AvgIpc) is 2.58. The van der Waals surface area contributed by atoms with Crippen LogP contribution >= 0.6 is 27.3 Å². The van der Waals surface area contributed by atoms with Crippen molar-refractivity contribution < 1.29 is 4.21 Å². The van der Waals surface area contributed by atoms with E-state index in [0.717, 1.165) is 12.3 Å². The summed E-state index contributed by atoms with van der Waals surface area (Å²) in [6.45, 7) is 0.848. The summed E-state index contributed by atoms with van der Waals surface area (Å²) >= 11 is 5.40. The fraction of sp³-hybridized carbons (Fsp3) is 0.636. The summed E-state index contributed by atoms with van der Waals surface area (Å²) in [6, 6.07) is 2.70. The van der Waals surface area contributed by atoms with E-state index in [1.165, 1.54) is 33.5 Å². The van der Waals surface area contributed by atoms with E-state index >= 15 is 0 Å². The molecular formula is C11H16BrNOS2. The number of aryl methyl sites for hydroxylation is 1. The molecular weight excluding hydrogens is 306 g/mol. The lowest BCUT2D eigenvalue weighted by Crippen LogP contribution is -2.27. The predicted octanol–water partition coefficient (Wildman–Crippen LogP) is 2.86. The Balaban J connectivity index is 1.98. The Morgan fingerprint density at radius 2 is 2.50 bits per heavy atom. The van der Waals surface area contributed by atoms with Gasteiger partial charge in [0.1, 0.15) is 0 Å². The fourth-order valence-electron chi connectivity index (χ4n) is 2.11. The molecule has 5 heteroatoms. The predicted molar refractivity (Wildman–Crippen MR) is 74.6 cm³/mol. The molecule has 2 atom stereocenters. The molecule has 0 spiro atoms. The van der Waals surface area contributed by atoms with E-state index in [0.29, 0.717) is 6.04 Å². The lowest BCUT2D eigenvalue weighted by atomic mass is 9.94. The van der Waals surface area contributed by atoms with E-state index in [1.54, 1.807) is 6.26 Å². The molecule has 0 aromatic carbocycles. The van der Waals surface area contributed by atoms with E-state index < -0.39 is 10.8 Å². The maximum absolute atomic E-state index is 11.0. The van der Waals surface area contributed by atoms with Crippen LogP contribution in [-0.4, -0.2) is 22.8 Å². The van der Waals surface area contributed by atoms with Gasteiger partial charge in [-0.1, -0.05) is 0 Å². The molecule has 90 valence electrons. The minimum absolute atomic E-state index is 0.467. The SMILES string of the molecule is CS(=O)CCNC1CCCc2sc(Br)cc21. The first kappa shape index (κ1) is 12.7. The van der Waals surface area contributed by atoms with Gasteiger partial charge in [0.25, 0.3) is 0 Å². The summed E-state index contributed by atoms with van der Waals surface area (Å²) in [5, 5.41) is 3.52. The first-order valence-electron chi connectivity index (χ1n) is 5.48. The first-order chi connectivity index (χ1) is 7.66. The van der Waals surface area contributed by atoms with Gasteiger partial charge in [0.15, 0.2) is 0 Å². The van der Waals surface area contributed by atoms with Crippen LogP contribution in [0, 0.1) is 0 Å². The smallest absolute Gasteiger partial charge is 0.0704 e. The Morgan fingerprint density at radius 1 is 1.69 bits per heavy atom. The molecule has 2 unspecified atom stereocenters. The number of thiophene rings is 1. The van der Waals surface area contributed by atoms with Crippen molar-refractivity contribution in [1.29, 1.82) is 0 Å². The number of rotatable bonds is 4. The zero-order valence-electron chi connectivity index (χ0n) is 9.29. The van der Waals surface area contributed by atoms with Gasteiger partial charge >= 0.3 is 0 Å². The van der Waals surface area contributed by atoms with Crippen LogP contribution in [0.5, 0.6) is 0 Å². The van der Waals surface area contributed by atoms with Crippen LogP contribution in [0.4, 0.5) is 0 Å². The Bertz CT molecular complexity index is 391. The number of fused-ring (bicyclic) bond motifs is 1. The first-order valence-corrected chi connectivity index (χ1v) is 8.82. The standard InChI is InChI=1S/C11H16BrNOS2/c1-16(14)6-5-13-9-3-2-4-10-8(9)7-11(12)15-10/h7,9,13H,2-6H2,1H3. The van der Waals surface area contributed by atoms with Gasteiger partial charge < -0.3 is 5.32 Å². The number of halogens is 1. The lowest BCUT2D eigenvalue weighted by Gasteiger charge is -2.23. The second-order valence-electron chi connectivity index (χ2n) is 4.11. The molecule has 2 rings (SSSR count). The molecule has 0 fully saturated rings. The highest BCUT2D eigenvalue weighted by Crippen LogP contribution is 2.37. The van der Waals surface area contributed by atoms with Crippen molar-refractivity contribution in [3.05, 3.63) is 20.3 Å². The van der Waals surface area contributed by atoms with Crippen LogP contribution in [0.2, 0.25) is 0 Å². The van der Waals surface area contributed by atoms with Crippen LogP contribution in [0.15, 0.2) is 9.85 Å². The van der Waals surface area contributed by atoms with Gasteiger partial charge in [-0.3, -0.25) is 4.21 Å². The van der Waals surface area contributed by atoms with Gasteiger partial charge in [-0.15, -0.1) is 11.3 Å². The normalized spacial score (nSPS) is 21.8. The number of hydrogen-bond donors (Lipinski definition) is 1. The van der Waals surface area contributed by atoms with E-state index in [1.807, 2.05) is 11.3 Å². The van der Waals surface area contributed by atoms with Crippen molar-refractivity contribution in [2.45, 2.75) is 25.3 Å². The van der Waals surface area contributed by atoms with E-state index in [-0.39, 0.29) is 0 Å². The zero-order chi connectivity index (χ0) is 11.5. The fourth-order valence-corrected chi connectivity index (χ4v) is 4.34. The highest BCUT2D eigenvalue weighted by molar-refractivity contribution is 9.11. The molecule has 1 heterocycles. The van der Waals surface area contributed by atoms with E-state index in [2.05, 4.69) is 27.3 Å². The molecule has 1 aromatic rings. The summed E-state index contributed by atoms with van der Waals surface area (Å²) in [5.74, 6) is 0.747. The highest BCUT2D eigenvalue weighted by atomic mass is 79.9. The third-order valence-corrected chi connectivity index (χ3v) is 5.36. The third-order valence-electron chi connectivity index (χ3n) is 2.86. The maximum atomic E-state index is 11.0. The summed E-state index contributed by atoms with van der Waals surface area (Å²) in [7, 11) is -0.692. The molecule has 1 aliphatic rings. The second-order valence-corrected chi connectivity index (χ2v) is 8.18. The van der Waals surface area contributed by atoms with Crippen molar-refractivity contribution >= 4 is 38.1 Å². The van der Waals surface area contributed by atoms with Gasteiger partial charge in [-0.2, -0.15) is 0 Å². The van der Waals surface area contributed by atoms with Gasteiger partial charge in [0.2, 0.25) is 0 Å². The average molecular weight is 322 g/mol. The molecule has 0 radical (unpaired) electrons. The Labute approximate surface area is 111 Å². The van der Waals surface area contributed by atoms with Gasteiger partial charge in [-0.25, -0.2) is 0 Å². The lowest BCUT2D eigenvalue weighted by molar-refractivity contribution is 0.477. The summed E-state index contributed by atoms with van der Waals surface area (Å²) in [6.07, 6.45) is 5.43. The molecule has 1 aromatic heterocycles. The number of hydrogen-bond acceptors (Lipinski definition) is 3. The third kappa shape index (κ3) is 3.15. The number of nitrogens with one attached hydrogen (secondary N) is 1. The highest BCUT2D eigenvalue weighted by Gasteiger charge is 2.21. The molecule has 0 bridgehead atoms. The molecule has 0 saturated carbocycles. The monoisotopic (exact) mass is 321 g/mol. The van der Waals surface area contributed by atoms with E-state index in [4.69, 9.17) is 0 Å². The van der Waals surface area contributed by atoms with Crippen LogP contribution in [0.1, 0.15) is 29.3 Å². The van der Waals surface area contributed by atoms with Crippen LogP contribution in [-0.2, 0) is 17.2 Å². The van der Waals surface area contributed by atoms with Gasteiger partial charge in [0, 0.05) is 40.3 Å². The molecule has 0 aliphatic heterocycles. The topological polar surface area (TPSA) is 29.1 Å². The summed E-state index contributed by atoms with van der Waals surface area (Å²) < 4.78 is 12.2. The molecule has 1 aliphatic carbocycles. The molecule has 0 amide bonds. The Hall–Kier alpha value is 0.290. The molecule has 0 saturated heterocycles. The molecule has 2 nitrogen and oxygen atoms in total. The van der Waals surface area contributed by atoms with Crippen molar-refractivity contribution in [3.63, 3.8) is 0 Å². The van der Waals surface area contributed by atoms with Crippen molar-refractivity contribution in [2.75, 3.05) is 18.6 Å². The van der Waals surface area contributed by atoms with E-state index in [9.17, 15) is 4.21 Å². The maximum Gasteiger partial charge on any atom is 0.0704 e. The minimum atomic E-state index is -0.692. The largest absolute Gasteiger partial charge is 0.309 e. The Kier molecular flexibility index (Phi) is 4.58. The van der Waals surface area contributed by atoms with Gasteiger partial charge in [-0.05, 0) is 46.8 Å².